The third-order valence-corrected chi connectivity index (χ3v) is 3.02. The Balaban J connectivity index is 2.01. The number of carbonyl (C=O) groups is 1. The highest BCUT2D eigenvalue weighted by molar-refractivity contribution is 5.78. The third kappa shape index (κ3) is 3.15. The van der Waals surface area contributed by atoms with E-state index >= 15 is 0 Å². The second kappa shape index (κ2) is 5.29. The topological polar surface area (TPSA) is 29.1 Å². The van der Waals surface area contributed by atoms with Gasteiger partial charge in [0, 0.05) is 17.7 Å². The maximum absolute atomic E-state index is 13.6. The van der Waals surface area contributed by atoms with Gasteiger partial charge in [-0.3, -0.25) is 4.79 Å². The summed E-state index contributed by atoms with van der Waals surface area (Å²) in [6.07, 6.45) is 3.39. The van der Waals surface area contributed by atoms with Crippen molar-refractivity contribution in [2.24, 2.45) is 5.92 Å². The molecule has 1 amide bonds. The van der Waals surface area contributed by atoms with E-state index in [9.17, 15) is 13.6 Å². The first-order chi connectivity index (χ1) is 8.60. The molecule has 2 rings (SSSR count). The largest absolute Gasteiger partial charge is 0.356 e. The quantitative estimate of drug-likeness (QED) is 0.856. The molecule has 0 atom stereocenters. The molecule has 1 aliphatic carbocycles. The van der Waals surface area contributed by atoms with Gasteiger partial charge in [0.1, 0.15) is 11.6 Å². The van der Waals surface area contributed by atoms with Crippen molar-refractivity contribution in [3.63, 3.8) is 0 Å². The van der Waals surface area contributed by atoms with Crippen molar-refractivity contribution < 1.29 is 13.6 Å². The molecule has 1 N–H and O–H groups in total. The van der Waals surface area contributed by atoms with Crippen molar-refractivity contribution in [2.45, 2.75) is 19.3 Å². The SMILES string of the molecule is C=Cc1cc(F)c(CC(=O)NCC2CC2)cc1F. The number of carbonyl (C=O) groups excluding carboxylic acids is 1. The predicted octanol–water partition coefficient (Wildman–Crippen LogP) is 2.68. The van der Waals surface area contributed by atoms with Crippen molar-refractivity contribution >= 4 is 12.0 Å². The molecule has 0 spiro atoms. The predicted molar refractivity (Wildman–Crippen MR) is 65.9 cm³/mol. The van der Waals surface area contributed by atoms with Gasteiger partial charge in [-0.1, -0.05) is 12.7 Å². The second-order valence-corrected chi connectivity index (χ2v) is 4.59. The molecule has 1 aromatic carbocycles. The maximum atomic E-state index is 13.6. The average molecular weight is 251 g/mol. The number of hydrogen-bond donors (Lipinski definition) is 1. The molecular formula is C14H15F2NO. The summed E-state index contributed by atoms with van der Waals surface area (Å²) in [5.74, 6) is -0.838. The lowest BCUT2D eigenvalue weighted by molar-refractivity contribution is -0.120. The highest BCUT2D eigenvalue weighted by Crippen LogP contribution is 2.27. The first-order valence-corrected chi connectivity index (χ1v) is 5.97. The molecule has 0 unspecified atom stereocenters. The van der Waals surface area contributed by atoms with E-state index < -0.39 is 11.6 Å². The van der Waals surface area contributed by atoms with Gasteiger partial charge in [-0.2, -0.15) is 0 Å². The number of nitrogens with one attached hydrogen (secondary N) is 1. The highest BCUT2D eigenvalue weighted by Gasteiger charge is 2.21. The summed E-state index contributed by atoms with van der Waals surface area (Å²) in [7, 11) is 0. The molecular weight excluding hydrogens is 236 g/mol. The smallest absolute Gasteiger partial charge is 0.224 e. The normalized spacial score (nSPS) is 14.3. The van der Waals surface area contributed by atoms with Gasteiger partial charge in [0.25, 0.3) is 0 Å². The zero-order valence-corrected chi connectivity index (χ0v) is 10.0. The monoisotopic (exact) mass is 251 g/mol. The second-order valence-electron chi connectivity index (χ2n) is 4.59. The maximum Gasteiger partial charge on any atom is 0.224 e. The van der Waals surface area contributed by atoms with Crippen LogP contribution in [0.1, 0.15) is 24.0 Å². The van der Waals surface area contributed by atoms with Crippen LogP contribution in [0.25, 0.3) is 6.08 Å². The standard InChI is InChI=1S/C14H15F2NO/c1-2-10-5-13(16)11(6-12(10)15)7-14(18)17-8-9-3-4-9/h2,5-6,9H,1,3-4,7-8H2,(H,17,18). The van der Waals surface area contributed by atoms with E-state index in [2.05, 4.69) is 11.9 Å². The van der Waals surface area contributed by atoms with Crippen LogP contribution in [0.2, 0.25) is 0 Å². The van der Waals surface area contributed by atoms with Crippen molar-refractivity contribution in [2.75, 3.05) is 6.54 Å². The fraction of sp³-hybridized carbons (Fsp3) is 0.357. The van der Waals surface area contributed by atoms with Gasteiger partial charge in [-0.15, -0.1) is 0 Å². The zero-order valence-electron chi connectivity index (χ0n) is 10.0. The minimum atomic E-state index is -0.576. The lowest BCUT2D eigenvalue weighted by atomic mass is 10.1. The first-order valence-electron chi connectivity index (χ1n) is 5.97. The van der Waals surface area contributed by atoms with E-state index in [-0.39, 0.29) is 23.5 Å². The summed E-state index contributed by atoms with van der Waals surface area (Å²) < 4.78 is 27.0. The summed E-state index contributed by atoms with van der Waals surface area (Å²) >= 11 is 0. The first kappa shape index (κ1) is 12.7. The molecule has 0 bridgehead atoms. The van der Waals surface area contributed by atoms with Crippen molar-refractivity contribution in [3.05, 3.63) is 41.5 Å². The van der Waals surface area contributed by atoms with Crippen molar-refractivity contribution in [3.8, 4) is 0 Å². The minimum Gasteiger partial charge on any atom is -0.356 e. The van der Waals surface area contributed by atoms with Gasteiger partial charge in [0.2, 0.25) is 5.91 Å². The summed E-state index contributed by atoms with van der Waals surface area (Å²) in [4.78, 5) is 11.5. The van der Waals surface area contributed by atoms with Crippen molar-refractivity contribution in [1.82, 2.24) is 5.32 Å². The molecule has 4 heteroatoms. The van der Waals surface area contributed by atoms with E-state index in [1.54, 1.807) is 0 Å². The lowest BCUT2D eigenvalue weighted by Gasteiger charge is -2.07. The molecule has 1 aromatic rings. The van der Waals surface area contributed by atoms with Crippen LogP contribution in [0, 0.1) is 17.6 Å². The zero-order chi connectivity index (χ0) is 13.1. The Kier molecular flexibility index (Phi) is 3.75. The van der Waals surface area contributed by atoms with Crippen LogP contribution in [0.15, 0.2) is 18.7 Å². The van der Waals surface area contributed by atoms with Crippen LogP contribution < -0.4 is 5.32 Å². The average Bonchev–Trinajstić information content (AvgIpc) is 3.15. The van der Waals surface area contributed by atoms with Gasteiger partial charge in [-0.05, 0) is 30.9 Å². The molecule has 0 saturated heterocycles. The number of halogens is 2. The van der Waals surface area contributed by atoms with Gasteiger partial charge in [0.15, 0.2) is 0 Å². The minimum absolute atomic E-state index is 0.0754. The molecule has 0 heterocycles. The molecule has 0 aromatic heterocycles. The van der Waals surface area contributed by atoms with Crippen LogP contribution >= 0.6 is 0 Å². The fourth-order valence-electron chi connectivity index (χ4n) is 1.71. The van der Waals surface area contributed by atoms with Crippen LogP contribution in [0.4, 0.5) is 8.78 Å². The molecule has 2 nitrogen and oxygen atoms in total. The van der Waals surface area contributed by atoms with Gasteiger partial charge < -0.3 is 5.32 Å². The Morgan fingerprint density at radius 2 is 2.11 bits per heavy atom. The molecule has 0 radical (unpaired) electrons. The molecule has 1 saturated carbocycles. The molecule has 1 fully saturated rings. The highest BCUT2D eigenvalue weighted by atomic mass is 19.1. The van der Waals surface area contributed by atoms with Gasteiger partial charge in [-0.25, -0.2) is 8.78 Å². The van der Waals surface area contributed by atoms with Crippen LogP contribution in [0.3, 0.4) is 0 Å². The molecule has 18 heavy (non-hydrogen) atoms. The summed E-state index contributed by atoms with van der Waals surface area (Å²) in [6.45, 7) is 4.03. The Morgan fingerprint density at radius 1 is 1.39 bits per heavy atom. The Morgan fingerprint density at radius 3 is 2.72 bits per heavy atom. The van der Waals surface area contributed by atoms with E-state index in [0.717, 1.165) is 25.0 Å². The van der Waals surface area contributed by atoms with Crippen molar-refractivity contribution in [1.29, 1.82) is 0 Å². The van der Waals surface area contributed by atoms with E-state index in [0.29, 0.717) is 12.5 Å². The summed E-state index contributed by atoms with van der Waals surface area (Å²) in [6, 6.07) is 2.12. The van der Waals surface area contributed by atoms with Crippen LogP contribution in [0.5, 0.6) is 0 Å². The van der Waals surface area contributed by atoms with Gasteiger partial charge >= 0.3 is 0 Å². The number of rotatable bonds is 5. The number of amides is 1. The summed E-state index contributed by atoms with van der Waals surface area (Å²) in [5, 5.41) is 2.72. The Bertz CT molecular complexity index is 481. The Labute approximate surface area is 105 Å². The van der Waals surface area contributed by atoms with E-state index in [4.69, 9.17) is 0 Å². The fourth-order valence-corrected chi connectivity index (χ4v) is 1.71. The molecule has 1 aliphatic rings. The third-order valence-electron chi connectivity index (χ3n) is 3.02. The molecule has 96 valence electrons. The van der Waals surface area contributed by atoms with E-state index in [1.165, 1.54) is 6.08 Å². The molecule has 0 aliphatic heterocycles. The van der Waals surface area contributed by atoms with Crippen LogP contribution in [-0.4, -0.2) is 12.5 Å². The number of benzene rings is 1. The Hall–Kier alpha value is -1.71. The summed E-state index contributed by atoms with van der Waals surface area (Å²) in [5.41, 5.74) is 0.182. The van der Waals surface area contributed by atoms with Crippen LogP contribution in [-0.2, 0) is 11.2 Å². The van der Waals surface area contributed by atoms with E-state index in [1.807, 2.05) is 0 Å². The number of hydrogen-bond acceptors (Lipinski definition) is 1. The lowest BCUT2D eigenvalue weighted by Crippen LogP contribution is -2.27. The van der Waals surface area contributed by atoms with Gasteiger partial charge in [0.05, 0.1) is 6.42 Å².